The van der Waals surface area contributed by atoms with E-state index in [-0.39, 0.29) is 15.0 Å². The molecule has 1 aromatic heterocycles. The molecule has 0 N–H and O–H groups in total. The molecule has 64 valence electrons. The van der Waals surface area contributed by atoms with E-state index in [1.165, 1.54) is 11.5 Å². The van der Waals surface area contributed by atoms with E-state index in [4.69, 9.17) is 0 Å². The highest BCUT2D eigenvalue weighted by Crippen LogP contribution is 2.39. The van der Waals surface area contributed by atoms with Crippen molar-refractivity contribution < 1.29 is 13.6 Å². The van der Waals surface area contributed by atoms with E-state index in [1.54, 1.807) is 0 Å². The molecule has 0 spiro atoms. The topological polar surface area (TPSA) is 29.4 Å². The summed E-state index contributed by atoms with van der Waals surface area (Å²) in [7, 11) is 0. The Morgan fingerprint density at radius 1 is 1.67 bits per heavy atom. The number of rotatable bonds is 2. The molecule has 0 atom stereocenters. The average molecular weight is 254 g/mol. The highest BCUT2D eigenvalue weighted by Gasteiger charge is 2.16. The average Bonchev–Trinajstić information content (AvgIpc) is 2.34. The van der Waals surface area contributed by atoms with Crippen LogP contribution in [0.4, 0.5) is 13.8 Å². The van der Waals surface area contributed by atoms with Gasteiger partial charge in [-0.15, -0.1) is 11.3 Å². The first-order valence-corrected chi connectivity index (χ1v) is 4.47. The van der Waals surface area contributed by atoms with Crippen LogP contribution in [0.2, 0.25) is 0 Å². The molecule has 0 aliphatic rings. The number of hydrogen-bond donors (Lipinski definition) is 0. The predicted octanol–water partition coefficient (Wildman–Crippen LogP) is 3.42. The second-order valence-corrected chi connectivity index (χ2v) is 3.47. The van der Waals surface area contributed by atoms with Gasteiger partial charge in [0.1, 0.15) is 5.00 Å². The van der Waals surface area contributed by atoms with Crippen molar-refractivity contribution >= 4 is 38.3 Å². The number of carbonyl (C=O) groups excluding carboxylic acids is 1. The Hall–Kier alpha value is -0.580. The van der Waals surface area contributed by atoms with Crippen LogP contribution in [-0.4, -0.2) is 6.08 Å². The highest BCUT2D eigenvalue weighted by atomic mass is 79.9. The Labute approximate surface area is 79.1 Å². The third-order valence-corrected chi connectivity index (χ3v) is 3.11. The lowest BCUT2D eigenvalue weighted by molar-refractivity contribution is 0.151. The summed E-state index contributed by atoms with van der Waals surface area (Å²) in [6.07, 6.45) is -1.26. The fourth-order valence-corrected chi connectivity index (χ4v) is 2.19. The number of halogens is 3. The Morgan fingerprint density at radius 2 is 2.33 bits per heavy atom. The van der Waals surface area contributed by atoms with E-state index in [1.807, 2.05) is 0 Å². The van der Waals surface area contributed by atoms with Crippen LogP contribution in [0.5, 0.6) is 0 Å². The molecule has 6 heteroatoms. The van der Waals surface area contributed by atoms with Gasteiger partial charge in [0.25, 0.3) is 6.43 Å². The molecular weight excluding hydrogens is 252 g/mol. The molecule has 0 saturated carbocycles. The lowest BCUT2D eigenvalue weighted by Gasteiger charge is -1.93. The maximum atomic E-state index is 12.1. The van der Waals surface area contributed by atoms with Gasteiger partial charge in [-0.2, -0.15) is 4.99 Å². The summed E-state index contributed by atoms with van der Waals surface area (Å²) in [4.78, 5) is 13.1. The van der Waals surface area contributed by atoms with Gasteiger partial charge in [-0.3, -0.25) is 0 Å². The van der Waals surface area contributed by atoms with Gasteiger partial charge in [-0.05, 0) is 15.9 Å². The number of hydrogen-bond acceptors (Lipinski definition) is 3. The Bertz CT molecular complexity index is 332. The first kappa shape index (κ1) is 9.51. The van der Waals surface area contributed by atoms with Crippen LogP contribution in [0.3, 0.4) is 0 Å². The van der Waals surface area contributed by atoms with E-state index in [0.717, 1.165) is 11.3 Å². The summed E-state index contributed by atoms with van der Waals surface area (Å²) in [6, 6.07) is 0. The van der Waals surface area contributed by atoms with Gasteiger partial charge < -0.3 is 0 Å². The second-order valence-electron chi connectivity index (χ2n) is 1.81. The number of thiophene rings is 1. The zero-order valence-electron chi connectivity index (χ0n) is 5.55. The van der Waals surface area contributed by atoms with Gasteiger partial charge in [0, 0.05) is 10.9 Å². The van der Waals surface area contributed by atoms with Crippen molar-refractivity contribution in [2.24, 2.45) is 4.99 Å². The summed E-state index contributed by atoms with van der Waals surface area (Å²) in [6.45, 7) is 0. The molecule has 12 heavy (non-hydrogen) atoms. The molecule has 0 bridgehead atoms. The van der Waals surface area contributed by atoms with Crippen LogP contribution < -0.4 is 0 Å². The molecular formula is C6H2BrF2NOS. The van der Waals surface area contributed by atoms with Crippen LogP contribution in [0, 0.1) is 0 Å². The maximum absolute atomic E-state index is 12.1. The fourth-order valence-electron chi connectivity index (χ4n) is 0.610. The van der Waals surface area contributed by atoms with E-state index in [0.29, 0.717) is 0 Å². The van der Waals surface area contributed by atoms with Crippen molar-refractivity contribution in [3.05, 3.63) is 15.4 Å². The third-order valence-electron chi connectivity index (χ3n) is 1.12. The first-order chi connectivity index (χ1) is 5.66. The lowest BCUT2D eigenvalue weighted by atomic mass is 10.3. The van der Waals surface area contributed by atoms with Gasteiger partial charge >= 0.3 is 0 Å². The van der Waals surface area contributed by atoms with Crippen molar-refractivity contribution in [3.8, 4) is 0 Å². The van der Waals surface area contributed by atoms with Gasteiger partial charge in [0.2, 0.25) is 6.08 Å². The molecule has 1 heterocycles. The fraction of sp³-hybridized carbons (Fsp3) is 0.167. The first-order valence-electron chi connectivity index (χ1n) is 2.79. The second kappa shape index (κ2) is 3.89. The number of aliphatic imine (C=N–C) groups is 1. The summed E-state index contributed by atoms with van der Waals surface area (Å²) >= 11 is 3.88. The van der Waals surface area contributed by atoms with Crippen LogP contribution in [-0.2, 0) is 4.79 Å². The Morgan fingerprint density at radius 3 is 2.75 bits per heavy atom. The SMILES string of the molecule is O=C=Nc1scc(C(F)F)c1Br. The minimum Gasteiger partial charge on any atom is -0.211 e. The molecule has 0 fully saturated rings. The minimum atomic E-state index is -2.55. The molecule has 1 aromatic rings. The van der Waals surface area contributed by atoms with E-state index in [2.05, 4.69) is 20.9 Å². The van der Waals surface area contributed by atoms with Crippen molar-refractivity contribution in [2.45, 2.75) is 6.43 Å². The summed E-state index contributed by atoms with van der Waals surface area (Å²) in [5, 5.41) is 1.48. The molecule has 0 amide bonds. The minimum absolute atomic E-state index is 0.144. The molecule has 1 rings (SSSR count). The summed E-state index contributed by atoms with van der Waals surface area (Å²) in [5.74, 6) is 0. The predicted molar refractivity (Wildman–Crippen MR) is 44.8 cm³/mol. The van der Waals surface area contributed by atoms with Gasteiger partial charge in [-0.25, -0.2) is 13.6 Å². The van der Waals surface area contributed by atoms with Crippen LogP contribution in [0.15, 0.2) is 14.8 Å². The standard InChI is InChI=1S/C6H2BrF2NOS/c7-4-3(5(8)9)1-12-6(4)10-2-11/h1,5H. The monoisotopic (exact) mass is 253 g/mol. The van der Waals surface area contributed by atoms with Crippen molar-refractivity contribution in [1.82, 2.24) is 0 Å². The zero-order valence-corrected chi connectivity index (χ0v) is 7.95. The third kappa shape index (κ3) is 1.77. The van der Waals surface area contributed by atoms with E-state index < -0.39 is 6.43 Å². The molecule has 2 nitrogen and oxygen atoms in total. The molecule has 0 unspecified atom stereocenters. The number of nitrogens with zero attached hydrogens (tertiary/aromatic N) is 1. The molecule has 0 radical (unpaired) electrons. The van der Waals surface area contributed by atoms with Crippen LogP contribution in [0.1, 0.15) is 12.0 Å². The molecule has 0 aromatic carbocycles. The molecule has 0 saturated heterocycles. The number of isocyanates is 1. The van der Waals surface area contributed by atoms with Gasteiger partial charge in [0.15, 0.2) is 0 Å². The molecule has 0 aliphatic carbocycles. The lowest BCUT2D eigenvalue weighted by Crippen LogP contribution is -1.78. The smallest absolute Gasteiger partial charge is 0.211 e. The quantitative estimate of drug-likeness (QED) is 0.587. The highest BCUT2D eigenvalue weighted by molar-refractivity contribution is 9.10. The zero-order chi connectivity index (χ0) is 9.14. The van der Waals surface area contributed by atoms with Crippen LogP contribution in [0.25, 0.3) is 0 Å². The van der Waals surface area contributed by atoms with E-state index >= 15 is 0 Å². The van der Waals surface area contributed by atoms with Crippen molar-refractivity contribution in [1.29, 1.82) is 0 Å². The van der Waals surface area contributed by atoms with Crippen molar-refractivity contribution in [2.75, 3.05) is 0 Å². The largest absolute Gasteiger partial charge is 0.265 e. The van der Waals surface area contributed by atoms with Gasteiger partial charge in [-0.1, -0.05) is 0 Å². The van der Waals surface area contributed by atoms with E-state index in [9.17, 15) is 13.6 Å². The summed E-state index contributed by atoms with van der Waals surface area (Å²) < 4.78 is 24.4. The number of alkyl halides is 2. The summed E-state index contributed by atoms with van der Waals surface area (Å²) in [5.41, 5.74) is -0.144. The normalized spacial score (nSPS) is 10.0. The Kier molecular flexibility index (Phi) is 3.08. The van der Waals surface area contributed by atoms with Gasteiger partial charge in [0.05, 0.1) is 4.47 Å². The molecule has 0 aliphatic heterocycles. The Balaban J connectivity index is 3.12. The maximum Gasteiger partial charge on any atom is 0.265 e. The van der Waals surface area contributed by atoms with Crippen molar-refractivity contribution in [3.63, 3.8) is 0 Å². The van der Waals surface area contributed by atoms with Crippen LogP contribution >= 0.6 is 27.3 Å².